The van der Waals surface area contributed by atoms with Crippen molar-refractivity contribution in [1.82, 2.24) is 24.9 Å². The van der Waals surface area contributed by atoms with Crippen molar-refractivity contribution in [3.05, 3.63) is 50.7 Å². The van der Waals surface area contributed by atoms with Gasteiger partial charge >= 0.3 is 0 Å². The van der Waals surface area contributed by atoms with Crippen molar-refractivity contribution < 1.29 is 14.3 Å². The van der Waals surface area contributed by atoms with E-state index in [1.807, 2.05) is 13.8 Å². The Morgan fingerprint density at radius 3 is 2.80 bits per heavy atom. The van der Waals surface area contributed by atoms with Gasteiger partial charge < -0.3 is 24.7 Å². The lowest BCUT2D eigenvalue weighted by atomic mass is 10.1. The quantitative estimate of drug-likeness (QED) is 0.524. The number of carbonyl (C=O) groups is 1. The van der Waals surface area contributed by atoms with Gasteiger partial charge in [0.25, 0.3) is 11.5 Å². The number of carbonyl (C=O) groups excluding carboxylic acids is 1. The highest BCUT2D eigenvalue weighted by Gasteiger charge is 2.28. The van der Waals surface area contributed by atoms with Crippen LogP contribution in [0.4, 0.5) is 5.82 Å². The molecule has 1 aliphatic heterocycles. The van der Waals surface area contributed by atoms with E-state index in [1.54, 1.807) is 17.5 Å². The summed E-state index contributed by atoms with van der Waals surface area (Å²) in [6.07, 6.45) is 3.16. The summed E-state index contributed by atoms with van der Waals surface area (Å²) in [7, 11) is 1.48. The molecule has 3 aromatic heterocycles. The number of aromatic nitrogens is 4. The summed E-state index contributed by atoms with van der Waals surface area (Å²) in [6, 6.07) is 4.02. The Hall–Kier alpha value is -3.91. The molecular weight excluding hydrogens is 450 g/mol. The number of methoxy groups -OCH3 is 1. The summed E-state index contributed by atoms with van der Waals surface area (Å²) in [5.74, 6) is 0.662. The lowest BCUT2D eigenvalue weighted by molar-refractivity contribution is 0.0843. The van der Waals surface area contributed by atoms with E-state index in [1.165, 1.54) is 13.3 Å². The molecule has 35 heavy (non-hydrogen) atoms. The second-order valence-electron chi connectivity index (χ2n) is 8.46. The highest BCUT2D eigenvalue weighted by atomic mass is 16.5. The molecular formula is C24H29N7O4. The summed E-state index contributed by atoms with van der Waals surface area (Å²) < 4.78 is 12.5. The van der Waals surface area contributed by atoms with Gasteiger partial charge in [0, 0.05) is 37.1 Å². The van der Waals surface area contributed by atoms with E-state index in [-0.39, 0.29) is 29.4 Å². The molecule has 0 unspecified atom stereocenters. The van der Waals surface area contributed by atoms with E-state index in [4.69, 9.17) is 9.47 Å². The minimum atomic E-state index is -0.457. The predicted molar refractivity (Wildman–Crippen MR) is 129 cm³/mol. The number of amides is 1. The molecule has 4 rings (SSSR count). The highest BCUT2D eigenvalue weighted by molar-refractivity contribution is 5.95. The molecule has 0 saturated carbocycles. The highest BCUT2D eigenvalue weighted by Crippen LogP contribution is 2.29. The van der Waals surface area contributed by atoms with E-state index in [0.717, 1.165) is 18.7 Å². The van der Waals surface area contributed by atoms with Gasteiger partial charge in [-0.1, -0.05) is 0 Å². The summed E-state index contributed by atoms with van der Waals surface area (Å²) in [5, 5.41) is 16.8. The van der Waals surface area contributed by atoms with Gasteiger partial charge in [0.2, 0.25) is 0 Å². The molecule has 0 radical (unpaired) electrons. The number of aromatic amines is 1. The molecule has 0 aromatic carbocycles. The normalized spacial score (nSPS) is 14.0. The van der Waals surface area contributed by atoms with Crippen LogP contribution in [0.5, 0.6) is 5.75 Å². The Balaban J connectivity index is 1.75. The number of anilines is 1. The summed E-state index contributed by atoms with van der Waals surface area (Å²) in [6.45, 7) is 7.60. The van der Waals surface area contributed by atoms with E-state index in [9.17, 15) is 14.9 Å². The SMILES string of the molecule is CCN(c1c(C)c(C(=O)NCc2c(OC)cc(C)[nH]c2=O)nc2c(C#N)cnn12)C1CCOCC1. The number of H-pyrrole nitrogens is 1. The first kappa shape index (κ1) is 24.2. The summed E-state index contributed by atoms with van der Waals surface area (Å²) >= 11 is 0. The Kier molecular flexibility index (Phi) is 7.02. The van der Waals surface area contributed by atoms with Crippen LogP contribution >= 0.6 is 0 Å². The Labute approximate surface area is 202 Å². The van der Waals surface area contributed by atoms with Crippen LogP contribution in [-0.2, 0) is 11.3 Å². The molecule has 184 valence electrons. The Morgan fingerprint density at radius 1 is 1.40 bits per heavy atom. The van der Waals surface area contributed by atoms with Crippen molar-refractivity contribution >= 4 is 17.4 Å². The average molecular weight is 480 g/mol. The van der Waals surface area contributed by atoms with Crippen molar-refractivity contribution in [2.45, 2.75) is 46.2 Å². The lowest BCUT2D eigenvalue weighted by Gasteiger charge is -2.36. The lowest BCUT2D eigenvalue weighted by Crippen LogP contribution is -2.41. The fourth-order valence-electron chi connectivity index (χ4n) is 4.56. The maximum atomic E-state index is 13.3. The molecule has 11 nitrogen and oxygen atoms in total. The second-order valence-corrected chi connectivity index (χ2v) is 8.46. The fraction of sp³-hybridized carbons (Fsp3) is 0.458. The van der Waals surface area contributed by atoms with Crippen LogP contribution in [0.1, 0.15) is 52.6 Å². The maximum Gasteiger partial charge on any atom is 0.270 e. The Morgan fingerprint density at radius 2 is 2.14 bits per heavy atom. The van der Waals surface area contributed by atoms with Crippen LogP contribution in [0.3, 0.4) is 0 Å². The number of nitriles is 1. The monoisotopic (exact) mass is 479 g/mol. The summed E-state index contributed by atoms with van der Waals surface area (Å²) in [5.41, 5.74) is 2.05. The number of fused-ring (bicyclic) bond motifs is 1. The van der Waals surface area contributed by atoms with Gasteiger partial charge in [0.05, 0.1) is 25.4 Å². The first-order chi connectivity index (χ1) is 16.9. The third kappa shape index (κ3) is 4.57. The topological polar surface area (TPSA) is 138 Å². The molecule has 11 heteroatoms. The Bertz CT molecular complexity index is 1350. The number of nitrogens with one attached hydrogen (secondary N) is 2. The summed E-state index contributed by atoms with van der Waals surface area (Å²) in [4.78, 5) is 35.2. The molecule has 0 bridgehead atoms. The van der Waals surface area contributed by atoms with Crippen molar-refractivity contribution in [3.63, 3.8) is 0 Å². The zero-order valence-electron chi connectivity index (χ0n) is 20.3. The van der Waals surface area contributed by atoms with E-state index >= 15 is 0 Å². The van der Waals surface area contributed by atoms with Crippen LogP contribution in [0.25, 0.3) is 5.65 Å². The zero-order valence-corrected chi connectivity index (χ0v) is 20.3. The number of hydrogen-bond donors (Lipinski definition) is 2. The first-order valence-electron chi connectivity index (χ1n) is 11.6. The van der Waals surface area contributed by atoms with Gasteiger partial charge in [0.1, 0.15) is 28.9 Å². The molecule has 0 atom stereocenters. The third-order valence-electron chi connectivity index (χ3n) is 6.31. The largest absolute Gasteiger partial charge is 0.496 e. The fourth-order valence-corrected chi connectivity index (χ4v) is 4.56. The van der Waals surface area contributed by atoms with Crippen molar-refractivity contribution in [2.24, 2.45) is 0 Å². The molecule has 0 aliphatic carbocycles. The molecule has 4 heterocycles. The van der Waals surface area contributed by atoms with E-state index in [0.29, 0.717) is 48.0 Å². The molecule has 3 aromatic rings. The molecule has 1 amide bonds. The number of aryl methyl sites for hydroxylation is 1. The number of rotatable bonds is 7. The smallest absolute Gasteiger partial charge is 0.270 e. The van der Waals surface area contributed by atoms with Gasteiger partial charge in [-0.2, -0.15) is 14.9 Å². The van der Waals surface area contributed by atoms with Crippen molar-refractivity contribution in [3.8, 4) is 11.8 Å². The van der Waals surface area contributed by atoms with Gasteiger partial charge in [-0.25, -0.2) is 4.98 Å². The minimum Gasteiger partial charge on any atom is -0.496 e. The number of ether oxygens (including phenoxy) is 2. The van der Waals surface area contributed by atoms with Crippen LogP contribution in [0.2, 0.25) is 0 Å². The number of nitrogens with zero attached hydrogens (tertiary/aromatic N) is 5. The molecule has 1 saturated heterocycles. The number of pyridine rings is 1. The van der Waals surface area contributed by atoms with Gasteiger partial charge in [-0.05, 0) is 39.7 Å². The van der Waals surface area contributed by atoms with E-state index < -0.39 is 5.91 Å². The van der Waals surface area contributed by atoms with Crippen LogP contribution in [-0.4, -0.2) is 58.4 Å². The third-order valence-corrected chi connectivity index (χ3v) is 6.31. The van der Waals surface area contributed by atoms with Crippen LogP contribution < -0.4 is 20.5 Å². The van der Waals surface area contributed by atoms with Gasteiger partial charge in [-0.15, -0.1) is 0 Å². The molecule has 1 aliphatic rings. The van der Waals surface area contributed by atoms with Crippen LogP contribution in [0, 0.1) is 25.2 Å². The van der Waals surface area contributed by atoms with Crippen molar-refractivity contribution in [2.75, 3.05) is 31.8 Å². The average Bonchev–Trinajstić information content (AvgIpc) is 3.27. The minimum absolute atomic E-state index is 0.0406. The van der Waals surface area contributed by atoms with E-state index in [2.05, 4.69) is 31.4 Å². The second kappa shape index (κ2) is 10.1. The first-order valence-corrected chi connectivity index (χ1v) is 11.6. The van der Waals surface area contributed by atoms with Gasteiger partial charge in [-0.3, -0.25) is 9.59 Å². The number of hydrogen-bond acceptors (Lipinski definition) is 8. The molecule has 1 fully saturated rings. The standard InChI is InChI=1S/C24H29N7O4/c1-5-30(17-6-8-35-9-7-17)24-15(3)20(29-21-16(11-25)12-27-31(21)24)23(33)26-13-18-19(34-4)10-14(2)28-22(18)32/h10,12,17H,5-9,13H2,1-4H3,(H,26,33)(H,28,32). The predicted octanol–water partition coefficient (Wildman–Crippen LogP) is 1.85. The molecule has 0 spiro atoms. The zero-order chi connectivity index (χ0) is 25.1. The van der Waals surface area contributed by atoms with Crippen LogP contribution in [0.15, 0.2) is 17.1 Å². The van der Waals surface area contributed by atoms with Gasteiger partial charge in [0.15, 0.2) is 5.65 Å². The molecule has 2 N–H and O–H groups in total. The van der Waals surface area contributed by atoms with Crippen molar-refractivity contribution in [1.29, 1.82) is 5.26 Å². The maximum absolute atomic E-state index is 13.3.